The Hall–Kier alpha value is -4.87. The van der Waals surface area contributed by atoms with Gasteiger partial charge in [0.1, 0.15) is 0 Å². The van der Waals surface area contributed by atoms with Crippen LogP contribution in [0.15, 0.2) is 145 Å². The van der Waals surface area contributed by atoms with Crippen molar-refractivity contribution in [1.29, 1.82) is 0 Å². The minimum atomic E-state index is -1.57. The van der Waals surface area contributed by atoms with Crippen molar-refractivity contribution < 1.29 is 14.0 Å². The van der Waals surface area contributed by atoms with E-state index in [1.54, 1.807) is 4.90 Å². The second-order valence-electron chi connectivity index (χ2n) is 12.5. The van der Waals surface area contributed by atoms with Gasteiger partial charge in [0.15, 0.2) is 0 Å². The molecular weight excluding hydrogens is 583 g/mol. The van der Waals surface area contributed by atoms with E-state index >= 15 is 0 Å². The van der Waals surface area contributed by atoms with Crippen LogP contribution < -0.4 is 15.3 Å². The van der Waals surface area contributed by atoms with Crippen LogP contribution in [0.25, 0.3) is 5.57 Å². The van der Waals surface area contributed by atoms with Gasteiger partial charge in [0.25, 0.3) is 0 Å². The van der Waals surface area contributed by atoms with Crippen LogP contribution in [0.1, 0.15) is 50.3 Å². The zero-order valence-electron chi connectivity index (χ0n) is 26.8. The van der Waals surface area contributed by atoms with Crippen molar-refractivity contribution in [2.45, 2.75) is 45.4 Å². The average molecular weight is 623 g/mol. The molecule has 0 saturated carbocycles. The number of anilines is 2. The summed E-state index contributed by atoms with van der Waals surface area (Å²) < 4.78 is 13.2. The van der Waals surface area contributed by atoms with Crippen molar-refractivity contribution in [1.82, 2.24) is 0 Å². The summed E-state index contributed by atoms with van der Waals surface area (Å²) in [6.45, 7) is 7.05. The van der Waals surface area contributed by atoms with E-state index in [0.717, 1.165) is 35.5 Å². The van der Waals surface area contributed by atoms with Crippen LogP contribution in [0.3, 0.4) is 0 Å². The van der Waals surface area contributed by atoms with Gasteiger partial charge < -0.3 is 9.16 Å². The number of para-hydroxylation sites is 2. The number of benzene rings is 5. The molecule has 1 amide bonds. The summed E-state index contributed by atoms with van der Waals surface area (Å²) >= 11 is 0. The predicted molar refractivity (Wildman–Crippen MR) is 190 cm³/mol. The Labute approximate surface area is 274 Å². The first kappa shape index (κ1) is 31.1. The molecule has 0 saturated heterocycles. The van der Waals surface area contributed by atoms with Crippen LogP contribution in [0.4, 0.5) is 16.2 Å². The maximum absolute atomic E-state index is 13.7. The molecule has 231 valence electrons. The summed E-state index contributed by atoms with van der Waals surface area (Å²) in [5.41, 5.74) is 6.59. The van der Waals surface area contributed by atoms with Crippen LogP contribution in [-0.4, -0.2) is 21.7 Å². The molecule has 0 bridgehead atoms. The SMILES string of the molecule is CC(C)(C)c1cccc2c1CCC(O[Si](c1ccccc1)c1ccccc1)=C2CCOC(=O)N(c1ccccc1)c1ccccc1. The average Bonchev–Trinajstić information content (AvgIpc) is 3.09. The molecule has 0 atom stereocenters. The maximum Gasteiger partial charge on any atom is 0.418 e. The van der Waals surface area contributed by atoms with E-state index in [9.17, 15) is 4.79 Å². The number of ether oxygens (including phenoxy) is 1. The lowest BCUT2D eigenvalue weighted by Gasteiger charge is -2.31. The molecule has 4 nitrogen and oxygen atoms in total. The van der Waals surface area contributed by atoms with Gasteiger partial charge in [0.2, 0.25) is 0 Å². The normalized spacial score (nSPS) is 12.9. The highest BCUT2D eigenvalue weighted by Crippen LogP contribution is 2.39. The van der Waals surface area contributed by atoms with Gasteiger partial charge in [-0.3, -0.25) is 0 Å². The number of hydrogen-bond acceptors (Lipinski definition) is 3. The minimum absolute atomic E-state index is 0.0101. The van der Waals surface area contributed by atoms with Crippen molar-refractivity contribution in [3.63, 3.8) is 0 Å². The Morgan fingerprint density at radius 3 is 1.72 bits per heavy atom. The summed E-state index contributed by atoms with van der Waals surface area (Å²) in [6, 6.07) is 47.0. The summed E-state index contributed by atoms with van der Waals surface area (Å²) in [5.74, 6) is 0.999. The van der Waals surface area contributed by atoms with E-state index in [1.807, 2.05) is 72.8 Å². The lowest BCUT2D eigenvalue weighted by Crippen LogP contribution is -2.45. The second kappa shape index (κ2) is 14.0. The predicted octanol–water partition coefficient (Wildman–Crippen LogP) is 8.83. The summed E-state index contributed by atoms with van der Waals surface area (Å²) in [5, 5.41) is 2.40. The van der Waals surface area contributed by atoms with E-state index < -0.39 is 15.1 Å². The second-order valence-corrected chi connectivity index (χ2v) is 14.5. The molecule has 6 rings (SSSR count). The molecule has 1 aliphatic rings. The quantitative estimate of drug-likeness (QED) is 0.154. The van der Waals surface area contributed by atoms with Gasteiger partial charge in [0.05, 0.1) is 23.7 Å². The topological polar surface area (TPSA) is 38.8 Å². The van der Waals surface area contributed by atoms with Crippen LogP contribution in [0.2, 0.25) is 0 Å². The van der Waals surface area contributed by atoms with Crippen molar-refractivity contribution >= 4 is 42.5 Å². The largest absolute Gasteiger partial charge is 0.536 e. The molecule has 1 radical (unpaired) electrons. The standard InChI is InChI=1S/C41H40NO3Si/c1-41(2,3)38-26-16-25-35-36(38)27-28-39(45-46(33-21-12-6-13-22-33)34-23-14-7-15-24-34)37(35)29-30-44-40(43)42(31-17-8-4-9-18-31)32-19-10-5-11-20-32/h4-26H,27-30H2,1-3H3. The van der Waals surface area contributed by atoms with E-state index in [-0.39, 0.29) is 12.0 Å². The van der Waals surface area contributed by atoms with E-state index in [0.29, 0.717) is 6.42 Å². The van der Waals surface area contributed by atoms with Gasteiger partial charge in [0, 0.05) is 12.8 Å². The molecule has 0 heterocycles. The number of allylic oxidation sites excluding steroid dienone is 1. The Morgan fingerprint density at radius 1 is 0.674 bits per heavy atom. The third-order valence-electron chi connectivity index (χ3n) is 8.33. The zero-order chi connectivity index (χ0) is 31.9. The van der Waals surface area contributed by atoms with Gasteiger partial charge in [-0.05, 0) is 68.7 Å². The van der Waals surface area contributed by atoms with Crippen molar-refractivity contribution in [3.05, 3.63) is 162 Å². The fourth-order valence-corrected chi connectivity index (χ4v) is 8.20. The number of amides is 1. The molecule has 0 fully saturated rings. The maximum atomic E-state index is 13.7. The molecule has 1 aliphatic carbocycles. The first-order chi connectivity index (χ1) is 22.4. The van der Waals surface area contributed by atoms with Gasteiger partial charge in [-0.15, -0.1) is 0 Å². The third-order valence-corrected chi connectivity index (χ3v) is 10.5. The van der Waals surface area contributed by atoms with Crippen molar-refractivity contribution in [3.8, 4) is 0 Å². The van der Waals surface area contributed by atoms with E-state index in [1.165, 1.54) is 27.1 Å². The van der Waals surface area contributed by atoms with Crippen LogP contribution in [0.5, 0.6) is 0 Å². The van der Waals surface area contributed by atoms with Gasteiger partial charge in [-0.2, -0.15) is 0 Å². The number of carbonyl (C=O) groups excluding carboxylic acids is 1. The highest BCUT2D eigenvalue weighted by Gasteiger charge is 2.30. The van der Waals surface area contributed by atoms with Crippen LogP contribution >= 0.6 is 0 Å². The number of rotatable bonds is 9. The van der Waals surface area contributed by atoms with Crippen molar-refractivity contribution in [2.24, 2.45) is 0 Å². The Morgan fingerprint density at radius 2 is 1.20 bits per heavy atom. The number of fused-ring (bicyclic) bond motifs is 1. The Balaban J connectivity index is 1.34. The lowest BCUT2D eigenvalue weighted by atomic mass is 9.77. The summed E-state index contributed by atoms with van der Waals surface area (Å²) in [7, 11) is -1.57. The van der Waals surface area contributed by atoms with Gasteiger partial charge >= 0.3 is 15.1 Å². The fraction of sp³-hybridized carbons (Fsp3) is 0.195. The first-order valence-corrected chi connectivity index (χ1v) is 17.4. The molecule has 0 N–H and O–H groups in total. The molecule has 5 aromatic rings. The number of hydrogen-bond donors (Lipinski definition) is 0. The molecule has 0 aromatic heterocycles. The minimum Gasteiger partial charge on any atom is -0.536 e. The molecule has 5 aromatic carbocycles. The van der Waals surface area contributed by atoms with Gasteiger partial charge in [-0.25, -0.2) is 9.69 Å². The zero-order valence-corrected chi connectivity index (χ0v) is 27.8. The monoisotopic (exact) mass is 622 g/mol. The highest BCUT2D eigenvalue weighted by atomic mass is 28.3. The lowest BCUT2D eigenvalue weighted by molar-refractivity contribution is 0.159. The molecular formula is C41H40NO3Si. The van der Waals surface area contributed by atoms with E-state index in [4.69, 9.17) is 9.16 Å². The van der Waals surface area contributed by atoms with Crippen molar-refractivity contribution in [2.75, 3.05) is 11.5 Å². The molecule has 46 heavy (non-hydrogen) atoms. The summed E-state index contributed by atoms with van der Waals surface area (Å²) in [6.07, 6.45) is 1.86. The molecule has 5 heteroatoms. The third kappa shape index (κ3) is 7.00. The highest BCUT2D eigenvalue weighted by molar-refractivity contribution is 6.80. The number of carbonyl (C=O) groups is 1. The summed E-state index contributed by atoms with van der Waals surface area (Å²) in [4.78, 5) is 15.3. The van der Waals surface area contributed by atoms with Gasteiger partial charge in [-0.1, -0.05) is 136 Å². The fourth-order valence-electron chi connectivity index (χ4n) is 6.17. The van der Waals surface area contributed by atoms with Crippen LogP contribution in [-0.2, 0) is 21.0 Å². The smallest absolute Gasteiger partial charge is 0.418 e. The molecule has 0 spiro atoms. The molecule has 0 aliphatic heterocycles. The molecule has 0 unspecified atom stereocenters. The first-order valence-electron chi connectivity index (χ1n) is 16.0. The van der Waals surface area contributed by atoms with Crippen LogP contribution in [0, 0.1) is 0 Å². The number of nitrogens with zero attached hydrogens (tertiary/aromatic N) is 1. The Bertz CT molecular complexity index is 1700. The Kier molecular flexibility index (Phi) is 9.51. The van der Waals surface area contributed by atoms with E-state index in [2.05, 4.69) is 87.5 Å².